The predicted octanol–water partition coefficient (Wildman–Crippen LogP) is 5.53. The first-order valence-corrected chi connectivity index (χ1v) is 12.9. The highest BCUT2D eigenvalue weighted by molar-refractivity contribution is 6.00. The number of anilines is 3. The molecule has 2 aliphatic rings. The molecule has 2 fully saturated rings. The molecule has 0 aliphatic carbocycles. The summed E-state index contributed by atoms with van der Waals surface area (Å²) in [5, 5.41) is 3.81. The maximum Gasteiger partial charge on any atom is 0.415 e. The molecule has 2 atom stereocenters. The molecule has 2 aliphatic heterocycles. The largest absolute Gasteiger partial charge is 0.494 e. The number of aryl methyl sites for hydroxylation is 1. The molecule has 9 heteroatoms. The molecule has 0 saturated carbocycles. The molecule has 37 heavy (non-hydrogen) atoms. The number of nitrogens with one attached hydrogen (secondary N) is 1. The summed E-state index contributed by atoms with van der Waals surface area (Å²) in [5.41, 5.74) is 1.68. The van der Waals surface area contributed by atoms with E-state index in [0.29, 0.717) is 52.4 Å². The molecule has 5 rings (SSSR count). The number of fused-ring (bicyclic) bond motifs is 1. The molecule has 8 nitrogen and oxygen atoms in total. The molecule has 1 aromatic heterocycles. The van der Waals surface area contributed by atoms with E-state index in [4.69, 9.17) is 9.47 Å². The van der Waals surface area contributed by atoms with Crippen molar-refractivity contribution >= 4 is 34.2 Å². The molecular formula is C28H34FN5O3. The number of nitrogens with zero attached hydrogens (tertiary/aromatic N) is 4. The molecule has 3 aromatic rings. The molecule has 1 amide bonds. The van der Waals surface area contributed by atoms with Crippen molar-refractivity contribution in [3.05, 3.63) is 48.0 Å². The Morgan fingerprint density at radius 1 is 1.27 bits per heavy atom. The van der Waals surface area contributed by atoms with Gasteiger partial charge < -0.3 is 19.7 Å². The van der Waals surface area contributed by atoms with Crippen LogP contribution in [0.4, 0.5) is 26.4 Å². The summed E-state index contributed by atoms with van der Waals surface area (Å²) in [6, 6.07) is 8.94. The zero-order valence-electron chi connectivity index (χ0n) is 21.9. The lowest BCUT2D eigenvalue weighted by atomic mass is 9.79. The standard InChI is InChI=1S/C28H34FN5O3/c1-5-8-18-9-7-10-21(25(18)29)32-26-20-13-23(24(36-4)14-22(20)30-17-31-26)34-16-28(37-27(34)35)11-12-33(3)15-19(28)6-2/h7,9-10,13-14,17,19H,5-6,8,11-12,15-16H2,1-4H3,(H,30,31,32). The second kappa shape index (κ2) is 10.1. The molecule has 0 radical (unpaired) electrons. The van der Waals surface area contributed by atoms with Gasteiger partial charge in [-0.3, -0.25) is 4.90 Å². The minimum Gasteiger partial charge on any atom is -0.494 e. The predicted molar refractivity (Wildman–Crippen MR) is 142 cm³/mol. The topological polar surface area (TPSA) is 79.8 Å². The normalized spacial score (nSPS) is 22.0. The van der Waals surface area contributed by atoms with Crippen molar-refractivity contribution in [2.75, 3.05) is 44.0 Å². The summed E-state index contributed by atoms with van der Waals surface area (Å²) in [6.45, 7) is 6.37. The van der Waals surface area contributed by atoms with Gasteiger partial charge in [-0.05, 0) is 37.6 Å². The third kappa shape index (κ3) is 4.56. The molecule has 3 heterocycles. The number of piperidine rings is 1. The van der Waals surface area contributed by atoms with E-state index >= 15 is 4.39 Å². The maximum absolute atomic E-state index is 15.1. The van der Waals surface area contributed by atoms with Crippen molar-refractivity contribution in [1.82, 2.24) is 14.9 Å². The Morgan fingerprint density at radius 2 is 2.11 bits per heavy atom. The molecule has 0 bridgehead atoms. The van der Waals surface area contributed by atoms with Crippen LogP contribution < -0.4 is 15.0 Å². The smallest absolute Gasteiger partial charge is 0.415 e. The van der Waals surface area contributed by atoms with Gasteiger partial charge in [-0.2, -0.15) is 0 Å². The number of likely N-dealkylation sites (tertiary alicyclic amines) is 1. The fourth-order valence-corrected chi connectivity index (χ4v) is 5.65. The average molecular weight is 508 g/mol. The second-order valence-electron chi connectivity index (χ2n) is 10.1. The number of halogens is 1. The number of benzene rings is 2. The summed E-state index contributed by atoms with van der Waals surface area (Å²) in [7, 11) is 3.67. The van der Waals surface area contributed by atoms with Crippen LogP contribution in [0.1, 0.15) is 38.7 Å². The van der Waals surface area contributed by atoms with Gasteiger partial charge in [-0.25, -0.2) is 19.2 Å². The van der Waals surface area contributed by atoms with Gasteiger partial charge in [0.25, 0.3) is 0 Å². The van der Waals surface area contributed by atoms with Crippen LogP contribution >= 0.6 is 0 Å². The number of rotatable bonds is 7. The van der Waals surface area contributed by atoms with Gasteiger partial charge >= 0.3 is 6.09 Å². The van der Waals surface area contributed by atoms with Crippen LogP contribution in [0.5, 0.6) is 5.75 Å². The van der Waals surface area contributed by atoms with E-state index < -0.39 is 5.60 Å². The van der Waals surface area contributed by atoms with E-state index in [9.17, 15) is 4.79 Å². The number of carbonyl (C=O) groups excluding carboxylic acids is 1. The fourth-order valence-electron chi connectivity index (χ4n) is 5.65. The third-order valence-electron chi connectivity index (χ3n) is 7.70. The van der Waals surface area contributed by atoms with Gasteiger partial charge in [0.2, 0.25) is 0 Å². The van der Waals surface area contributed by atoms with E-state index in [2.05, 4.69) is 34.2 Å². The Morgan fingerprint density at radius 3 is 2.86 bits per heavy atom. The van der Waals surface area contributed by atoms with Crippen molar-refractivity contribution in [3.63, 3.8) is 0 Å². The summed E-state index contributed by atoms with van der Waals surface area (Å²) in [6.07, 6.45) is 4.25. The van der Waals surface area contributed by atoms with Gasteiger partial charge in [0.05, 0.1) is 30.5 Å². The fraction of sp³-hybridized carbons (Fsp3) is 0.464. The van der Waals surface area contributed by atoms with Crippen LogP contribution in [0.3, 0.4) is 0 Å². The Bertz CT molecular complexity index is 1320. The van der Waals surface area contributed by atoms with Crippen molar-refractivity contribution in [3.8, 4) is 5.75 Å². The summed E-state index contributed by atoms with van der Waals surface area (Å²) in [4.78, 5) is 26.0. The highest BCUT2D eigenvalue weighted by Gasteiger charge is 2.52. The van der Waals surface area contributed by atoms with Crippen LogP contribution in [0.2, 0.25) is 0 Å². The zero-order valence-corrected chi connectivity index (χ0v) is 21.9. The lowest BCUT2D eigenvalue weighted by Gasteiger charge is -2.42. The van der Waals surface area contributed by atoms with Crippen molar-refractivity contribution < 1.29 is 18.7 Å². The van der Waals surface area contributed by atoms with E-state index in [1.54, 1.807) is 30.2 Å². The van der Waals surface area contributed by atoms with Gasteiger partial charge in [-0.15, -0.1) is 0 Å². The highest BCUT2D eigenvalue weighted by atomic mass is 19.1. The van der Waals surface area contributed by atoms with E-state index in [1.807, 2.05) is 19.1 Å². The number of amides is 1. The number of methoxy groups -OCH3 is 1. The Hall–Kier alpha value is -3.46. The van der Waals surface area contributed by atoms with Crippen LogP contribution in [0.25, 0.3) is 10.9 Å². The number of hydrogen-bond donors (Lipinski definition) is 1. The molecule has 2 aromatic carbocycles. The van der Waals surface area contributed by atoms with Gasteiger partial charge in [0, 0.05) is 36.9 Å². The zero-order chi connectivity index (χ0) is 26.2. The van der Waals surface area contributed by atoms with Crippen molar-refractivity contribution in [1.29, 1.82) is 0 Å². The van der Waals surface area contributed by atoms with Gasteiger partial charge in [-0.1, -0.05) is 32.4 Å². The van der Waals surface area contributed by atoms with Crippen LogP contribution in [0, 0.1) is 11.7 Å². The van der Waals surface area contributed by atoms with E-state index in [-0.39, 0.29) is 17.8 Å². The number of hydrogen-bond acceptors (Lipinski definition) is 7. The third-order valence-corrected chi connectivity index (χ3v) is 7.70. The molecule has 2 saturated heterocycles. The number of ether oxygens (including phenoxy) is 2. The first-order chi connectivity index (χ1) is 17.9. The number of aromatic nitrogens is 2. The van der Waals surface area contributed by atoms with Crippen LogP contribution in [-0.2, 0) is 11.2 Å². The monoisotopic (exact) mass is 507 g/mol. The first-order valence-electron chi connectivity index (χ1n) is 12.9. The van der Waals surface area contributed by atoms with Gasteiger partial charge in [0.1, 0.15) is 29.3 Å². The van der Waals surface area contributed by atoms with Crippen LogP contribution in [-0.4, -0.2) is 60.4 Å². The maximum atomic E-state index is 15.1. The molecule has 1 spiro atoms. The first kappa shape index (κ1) is 25.2. The Labute approximate surface area is 216 Å². The molecule has 2 unspecified atom stereocenters. The van der Waals surface area contributed by atoms with Gasteiger partial charge in [0.15, 0.2) is 0 Å². The van der Waals surface area contributed by atoms with E-state index in [0.717, 1.165) is 32.4 Å². The summed E-state index contributed by atoms with van der Waals surface area (Å²) < 4.78 is 26.9. The van der Waals surface area contributed by atoms with Crippen molar-refractivity contribution in [2.24, 2.45) is 5.92 Å². The lowest BCUT2D eigenvalue weighted by molar-refractivity contribution is -0.0437. The molecule has 1 N–H and O–H groups in total. The quantitative estimate of drug-likeness (QED) is 0.450. The lowest BCUT2D eigenvalue weighted by Crippen LogP contribution is -2.53. The highest BCUT2D eigenvalue weighted by Crippen LogP contribution is 2.44. The summed E-state index contributed by atoms with van der Waals surface area (Å²) >= 11 is 0. The van der Waals surface area contributed by atoms with Crippen LogP contribution in [0.15, 0.2) is 36.7 Å². The average Bonchev–Trinajstić information content (AvgIpc) is 3.23. The second-order valence-corrected chi connectivity index (χ2v) is 10.1. The van der Waals surface area contributed by atoms with Crippen molar-refractivity contribution in [2.45, 2.75) is 45.1 Å². The number of carbonyl (C=O) groups is 1. The Kier molecular flexibility index (Phi) is 6.90. The SMILES string of the molecule is CCCc1cccc(Nc2ncnc3cc(OC)c(N4CC5(CCN(C)CC5CC)OC4=O)cc23)c1F. The molecular weight excluding hydrogens is 473 g/mol. The summed E-state index contributed by atoms with van der Waals surface area (Å²) in [5.74, 6) is 0.922. The Balaban J connectivity index is 1.54. The van der Waals surface area contributed by atoms with E-state index in [1.165, 1.54) is 6.33 Å². The molecule has 196 valence electrons. The minimum atomic E-state index is -0.532. The minimum absolute atomic E-state index is 0.241.